The number of aliphatic hydroxyl groups excluding tert-OH is 2. The number of halogens is 1. The molecule has 7 N–H and O–H groups in total. The highest BCUT2D eigenvalue weighted by molar-refractivity contribution is 6.20. The number of alkyl carbamates (subject to hydrolysis) is 1. The van der Waals surface area contributed by atoms with Crippen LogP contribution in [0.15, 0.2) is 109 Å². The quantitative estimate of drug-likeness (QED) is 0.0105. The first-order chi connectivity index (χ1) is 50.3. The number of aliphatic hydroxyl groups is 2. The van der Waals surface area contributed by atoms with Gasteiger partial charge in [0.25, 0.3) is 17.7 Å². The number of nitrogens with zero attached hydrogens (tertiary/aromatic N) is 6. The summed E-state index contributed by atoms with van der Waals surface area (Å²) in [5, 5.41) is 28.2. The summed E-state index contributed by atoms with van der Waals surface area (Å²) in [7, 11) is 1.62. The second-order valence-electron chi connectivity index (χ2n) is 25.1. The molecule has 4 aromatic carbocycles. The highest BCUT2D eigenvalue weighted by Gasteiger charge is 2.37. The number of hydrogen-bond acceptors (Lipinski definition) is 21. The Morgan fingerprint density at radius 1 is 0.750 bits per heavy atom. The minimum atomic E-state index is -1.03. The Morgan fingerprint density at radius 3 is 2.10 bits per heavy atom. The third-order valence-electron chi connectivity index (χ3n) is 17.3. The van der Waals surface area contributed by atoms with Crippen molar-refractivity contribution in [2.75, 3.05) is 160 Å². The van der Waals surface area contributed by atoms with E-state index in [2.05, 4.69) is 20.9 Å². The number of amides is 8. The summed E-state index contributed by atoms with van der Waals surface area (Å²) in [6.45, 7) is 9.05. The van der Waals surface area contributed by atoms with Gasteiger partial charge in [0, 0.05) is 117 Å². The molecule has 8 amide bonds. The van der Waals surface area contributed by atoms with E-state index >= 15 is 0 Å². The lowest BCUT2D eigenvalue weighted by Gasteiger charge is -2.30. The van der Waals surface area contributed by atoms with Crippen LogP contribution in [0.2, 0.25) is 0 Å². The first-order valence-electron chi connectivity index (χ1n) is 34.6. The Bertz CT molecular complexity index is 3910. The average molecular weight is 1460 g/mol. The number of nitrogens with two attached hydrogens (primary N) is 1. The van der Waals surface area contributed by atoms with Gasteiger partial charge >= 0.3 is 18.2 Å². The number of imide groups is 1. The molecule has 0 fully saturated rings. The van der Waals surface area contributed by atoms with Crippen LogP contribution < -0.4 is 36.2 Å². The number of hydrogen-bond donors (Lipinski definition) is 6. The third-order valence-corrected chi connectivity index (χ3v) is 17.7. The number of pyridine rings is 1. The number of ketones is 2. The van der Waals surface area contributed by atoms with E-state index in [1.807, 2.05) is 37.3 Å². The lowest BCUT2D eigenvalue weighted by atomic mass is 9.89. The molecule has 4 heterocycles. The summed E-state index contributed by atoms with van der Waals surface area (Å²) in [5.41, 5.74) is 11.5. The zero-order valence-electron chi connectivity index (χ0n) is 59.1. The van der Waals surface area contributed by atoms with Gasteiger partial charge in [-0.25, -0.2) is 19.4 Å². The molecule has 104 heavy (non-hydrogen) atoms. The number of carbonyl (C=O) groups is 9. The fourth-order valence-corrected chi connectivity index (χ4v) is 12.1. The zero-order valence-corrected chi connectivity index (χ0v) is 59.8. The predicted octanol–water partition coefficient (Wildman–Crippen LogP) is 6.36. The van der Waals surface area contributed by atoms with Crippen LogP contribution in [-0.4, -0.2) is 234 Å². The summed E-state index contributed by atoms with van der Waals surface area (Å²) >= 11 is 6.78. The number of aromatic nitrogens is 2. The molecular formula is C74H93ClN10O19. The van der Waals surface area contributed by atoms with Crippen LogP contribution in [0.25, 0.3) is 16.4 Å². The molecule has 560 valence electrons. The molecule has 29 nitrogen and oxygen atoms in total. The number of carbonyl (C=O) groups excluding carboxylic acids is 9. The number of imidazole rings is 1. The van der Waals surface area contributed by atoms with Crippen LogP contribution in [0.4, 0.5) is 31.4 Å². The fourth-order valence-electron chi connectivity index (χ4n) is 11.9. The predicted molar refractivity (Wildman–Crippen MR) is 386 cm³/mol. The van der Waals surface area contributed by atoms with Gasteiger partial charge in [0.1, 0.15) is 36.9 Å². The van der Waals surface area contributed by atoms with E-state index in [-0.39, 0.29) is 141 Å². The van der Waals surface area contributed by atoms with Crippen LogP contribution in [0.3, 0.4) is 0 Å². The molecule has 0 spiro atoms. The number of alkyl halides is 1. The monoisotopic (exact) mass is 1460 g/mol. The minimum absolute atomic E-state index is 0.0242. The Kier molecular flexibility index (Phi) is 31.6. The van der Waals surface area contributed by atoms with Gasteiger partial charge in [-0.3, -0.25) is 33.7 Å². The van der Waals surface area contributed by atoms with Gasteiger partial charge in [0.15, 0.2) is 11.6 Å². The lowest BCUT2D eigenvalue weighted by molar-refractivity contribution is -0.137. The molecule has 30 heteroatoms. The van der Waals surface area contributed by atoms with Crippen LogP contribution in [-0.2, 0) is 65.4 Å². The van der Waals surface area contributed by atoms with Crippen molar-refractivity contribution in [1.82, 2.24) is 29.8 Å². The largest absolute Gasteiger partial charge is 0.491 e. The number of rotatable bonds is 45. The molecule has 6 aromatic rings. The highest BCUT2D eigenvalue weighted by Crippen LogP contribution is 2.47. The van der Waals surface area contributed by atoms with Crippen LogP contribution in [0.5, 0.6) is 5.75 Å². The molecule has 0 bridgehead atoms. The van der Waals surface area contributed by atoms with Crippen LogP contribution in [0.1, 0.15) is 82.1 Å². The number of likely N-dealkylation sites (N-methyl/N-ethyl adjacent to an activating group) is 1. The average Bonchev–Trinajstić information content (AvgIpc) is 1.51. The molecule has 0 saturated carbocycles. The van der Waals surface area contributed by atoms with Crippen LogP contribution >= 0.6 is 11.6 Å². The second kappa shape index (κ2) is 41.0. The number of primary amides is 1. The van der Waals surface area contributed by atoms with Gasteiger partial charge in [-0.15, -0.1) is 11.6 Å². The number of anilines is 3. The first kappa shape index (κ1) is 80.1. The van der Waals surface area contributed by atoms with E-state index in [1.165, 1.54) is 17.1 Å². The Morgan fingerprint density at radius 2 is 1.41 bits per heavy atom. The maximum absolute atomic E-state index is 14.9. The van der Waals surface area contributed by atoms with Crippen molar-refractivity contribution in [3.05, 3.63) is 143 Å². The summed E-state index contributed by atoms with van der Waals surface area (Å²) in [5.74, 6) is -2.99. The summed E-state index contributed by atoms with van der Waals surface area (Å²) in [6.07, 6.45) is 4.56. The van der Waals surface area contributed by atoms with E-state index in [1.54, 1.807) is 97.2 Å². The molecule has 0 unspecified atom stereocenters. The van der Waals surface area contributed by atoms with Crippen molar-refractivity contribution in [2.24, 2.45) is 17.6 Å². The lowest BCUT2D eigenvalue weighted by Crippen LogP contribution is -2.46. The highest BCUT2D eigenvalue weighted by atomic mass is 35.5. The number of nitrogens with one attached hydrogen (secondary N) is 3. The van der Waals surface area contributed by atoms with Crippen molar-refractivity contribution in [1.29, 1.82) is 0 Å². The number of Topliss-reactive ketones (excluding diaryl/α,β-unsaturated/α-hetero) is 2. The normalized spacial score (nSPS) is 13.9. The van der Waals surface area contributed by atoms with Crippen molar-refractivity contribution >= 4 is 98.5 Å². The molecule has 0 radical (unpaired) electrons. The summed E-state index contributed by atoms with van der Waals surface area (Å²) in [4.78, 5) is 129. The van der Waals surface area contributed by atoms with Crippen molar-refractivity contribution in [2.45, 2.75) is 65.0 Å². The zero-order chi connectivity index (χ0) is 74.5. The van der Waals surface area contributed by atoms with E-state index in [9.17, 15) is 48.3 Å². The molecule has 2 aliphatic heterocycles. The van der Waals surface area contributed by atoms with Gasteiger partial charge in [-0.05, 0) is 102 Å². The fraction of sp³-hybridized carbons (Fsp3) is 0.459. The Balaban J connectivity index is 0.866. The van der Waals surface area contributed by atoms with Gasteiger partial charge in [-0.1, -0.05) is 50.2 Å². The molecule has 8 rings (SSSR count). The van der Waals surface area contributed by atoms with Gasteiger partial charge in [0.05, 0.1) is 97.6 Å². The topological polar surface area (TPSA) is 360 Å². The van der Waals surface area contributed by atoms with E-state index < -0.39 is 59.6 Å². The molecule has 0 saturated heterocycles. The minimum Gasteiger partial charge on any atom is -0.491 e. The number of benzene rings is 4. The molecule has 0 aliphatic carbocycles. The van der Waals surface area contributed by atoms with E-state index in [0.717, 1.165) is 32.5 Å². The van der Waals surface area contributed by atoms with Gasteiger partial charge < -0.3 is 88.9 Å². The number of ether oxygens (including phenoxy) is 8. The third kappa shape index (κ3) is 23.5. The molecule has 2 aromatic heterocycles. The van der Waals surface area contributed by atoms with Crippen molar-refractivity contribution in [3.8, 4) is 5.75 Å². The Hall–Kier alpha value is -9.59. The van der Waals surface area contributed by atoms with Crippen LogP contribution in [0, 0.1) is 18.8 Å². The first-order valence-corrected chi connectivity index (χ1v) is 35.1. The van der Waals surface area contributed by atoms with E-state index in [4.69, 9.17) is 65.3 Å². The van der Waals surface area contributed by atoms with E-state index in [0.29, 0.717) is 92.1 Å². The van der Waals surface area contributed by atoms with Crippen molar-refractivity contribution in [3.63, 3.8) is 0 Å². The second-order valence-corrected chi connectivity index (χ2v) is 25.4. The molecular weight excluding hydrogens is 1370 g/mol. The summed E-state index contributed by atoms with van der Waals surface area (Å²) < 4.78 is 45.9. The maximum atomic E-state index is 14.9. The molecule has 3 atom stereocenters. The molecule has 2 aliphatic rings. The Labute approximate surface area is 608 Å². The maximum Gasteiger partial charge on any atom is 0.409 e. The smallest absolute Gasteiger partial charge is 0.409 e. The standard InChI is InChI=1S/C74H93ClN10O19/c1-49(2)69(80-73(95)103-40-38-98-30-26-84-65(90)20-21-66(84)91)63(89)42-54(8-6-22-77-72(76)94)70(92)78-56-15-10-51(11-16-56)48-104-74(96)81(4)23-24-82(25-29-97-31-27-86)60-43-61-68(67-50(3)7-5-9-58(60)67)55(44-75)46-85(61)71(93)59-47-83-45-52(12-19-64(83)79-59)41-62(88)53-13-17-57(18-14-53)102-39-37-101-36-35-100-34-33-99-32-28-87/h5,7,9-21,43,45,47,49,54-55,69,86-87H,6,8,22-42,44,46,48H2,1-4H3,(H,78,92)(H,80,95)(H3,76,77,94)/t54-,55-,69+/m1/s1. The SMILES string of the molecule is Cc1cccc2c(N(CCOCCO)CCN(C)C(=O)OCc3ccc(NC(=O)[C@H](CCCNC(N)=O)CC(=O)[C@@H](NC(=O)OCCOCCN4C(=O)C=CC4=O)C(C)C)cc3)cc3c(c12)[C@H](CCl)CN3C(=O)c1cn2cc(CC(=O)c3ccc(OCCOCCOCCOCCO)cc3)ccc2n1. The van der Waals surface area contributed by atoms with Gasteiger partial charge in [-0.2, -0.15) is 0 Å². The van der Waals surface area contributed by atoms with Crippen molar-refractivity contribution < 1.29 is 91.3 Å². The summed E-state index contributed by atoms with van der Waals surface area (Å²) in [6, 6.07) is 23.3. The van der Waals surface area contributed by atoms with Gasteiger partial charge in [0.2, 0.25) is 5.91 Å². The number of urea groups is 1. The number of aryl methyl sites for hydroxylation is 1. The number of fused-ring (bicyclic) bond motifs is 4.